The normalized spacial score (nSPS) is 17.3. The summed E-state index contributed by atoms with van der Waals surface area (Å²) in [5, 5.41) is 3.23. The third-order valence-electron chi connectivity index (χ3n) is 2.41. The lowest BCUT2D eigenvalue weighted by Gasteiger charge is -2.17. The molecule has 1 atom stereocenters. The second-order valence-corrected chi connectivity index (χ2v) is 3.48. The van der Waals surface area contributed by atoms with Crippen LogP contribution in [-0.2, 0) is 14.2 Å². The van der Waals surface area contributed by atoms with Crippen molar-refractivity contribution in [2.75, 3.05) is 40.6 Å². The SMILES string of the molecule is CNC(CCOCCOC)C1=CCCO1. The highest BCUT2D eigenvalue weighted by molar-refractivity contribution is 5.06. The molecule has 0 saturated carbocycles. The monoisotopic (exact) mass is 215 g/mol. The Balaban J connectivity index is 2.11. The summed E-state index contributed by atoms with van der Waals surface area (Å²) in [6.07, 6.45) is 4.11. The van der Waals surface area contributed by atoms with Gasteiger partial charge in [0.2, 0.25) is 0 Å². The van der Waals surface area contributed by atoms with Gasteiger partial charge in [0.25, 0.3) is 0 Å². The molecule has 0 radical (unpaired) electrons. The topological polar surface area (TPSA) is 39.7 Å². The van der Waals surface area contributed by atoms with Gasteiger partial charge < -0.3 is 19.5 Å². The molecule has 1 heterocycles. The number of nitrogens with one attached hydrogen (secondary N) is 1. The van der Waals surface area contributed by atoms with E-state index in [2.05, 4.69) is 11.4 Å². The number of methoxy groups -OCH3 is 1. The molecule has 0 fully saturated rings. The van der Waals surface area contributed by atoms with Crippen LogP contribution in [0, 0.1) is 0 Å². The minimum atomic E-state index is 0.287. The first-order chi connectivity index (χ1) is 7.38. The van der Waals surface area contributed by atoms with Crippen LogP contribution in [0.4, 0.5) is 0 Å². The average Bonchev–Trinajstić information content (AvgIpc) is 2.77. The van der Waals surface area contributed by atoms with Gasteiger partial charge in [-0.1, -0.05) is 0 Å². The van der Waals surface area contributed by atoms with Crippen molar-refractivity contribution in [3.8, 4) is 0 Å². The first-order valence-corrected chi connectivity index (χ1v) is 5.45. The van der Waals surface area contributed by atoms with Crippen molar-refractivity contribution in [2.45, 2.75) is 18.9 Å². The van der Waals surface area contributed by atoms with Crippen LogP contribution < -0.4 is 5.32 Å². The standard InChI is InChI=1S/C11H21NO3/c1-12-10(11-4-3-6-15-11)5-7-14-9-8-13-2/h4,10,12H,3,5-9H2,1-2H3. The van der Waals surface area contributed by atoms with Gasteiger partial charge in [-0.05, 0) is 19.5 Å². The minimum absolute atomic E-state index is 0.287. The van der Waals surface area contributed by atoms with Gasteiger partial charge in [0.15, 0.2) is 0 Å². The molecule has 0 aliphatic carbocycles. The van der Waals surface area contributed by atoms with Crippen LogP contribution in [0.5, 0.6) is 0 Å². The van der Waals surface area contributed by atoms with Crippen LogP contribution in [-0.4, -0.2) is 46.6 Å². The van der Waals surface area contributed by atoms with E-state index >= 15 is 0 Å². The maximum absolute atomic E-state index is 5.50. The van der Waals surface area contributed by atoms with Gasteiger partial charge in [0, 0.05) is 20.1 Å². The van der Waals surface area contributed by atoms with Gasteiger partial charge in [-0.2, -0.15) is 0 Å². The van der Waals surface area contributed by atoms with Gasteiger partial charge in [-0.25, -0.2) is 0 Å². The molecule has 1 unspecified atom stereocenters. The largest absolute Gasteiger partial charge is 0.496 e. The van der Waals surface area contributed by atoms with Crippen LogP contribution >= 0.6 is 0 Å². The molecule has 0 spiro atoms. The van der Waals surface area contributed by atoms with Crippen molar-refractivity contribution in [3.63, 3.8) is 0 Å². The Kier molecular flexibility index (Phi) is 6.39. The van der Waals surface area contributed by atoms with Crippen LogP contribution in [0.25, 0.3) is 0 Å². The molecule has 88 valence electrons. The molecule has 1 aliphatic rings. The minimum Gasteiger partial charge on any atom is -0.496 e. The van der Waals surface area contributed by atoms with E-state index in [4.69, 9.17) is 14.2 Å². The molecule has 0 aromatic heterocycles. The summed E-state index contributed by atoms with van der Waals surface area (Å²) in [4.78, 5) is 0. The molecule has 4 nitrogen and oxygen atoms in total. The lowest BCUT2D eigenvalue weighted by atomic mass is 10.1. The lowest BCUT2D eigenvalue weighted by Crippen LogP contribution is -2.29. The number of rotatable bonds is 8. The molecule has 0 amide bonds. The highest BCUT2D eigenvalue weighted by Crippen LogP contribution is 2.15. The van der Waals surface area contributed by atoms with Crippen molar-refractivity contribution in [1.82, 2.24) is 5.32 Å². The molecule has 1 N–H and O–H groups in total. The predicted octanol–water partition coefficient (Wildman–Crippen LogP) is 0.932. The number of likely N-dealkylation sites (N-methyl/N-ethyl adjacent to an activating group) is 1. The maximum atomic E-state index is 5.50. The van der Waals surface area contributed by atoms with E-state index in [1.807, 2.05) is 7.05 Å². The molecule has 0 saturated heterocycles. The zero-order valence-corrected chi connectivity index (χ0v) is 9.62. The first kappa shape index (κ1) is 12.5. The molecule has 4 heteroatoms. The maximum Gasteiger partial charge on any atom is 0.109 e. The Morgan fingerprint density at radius 1 is 1.47 bits per heavy atom. The van der Waals surface area contributed by atoms with Gasteiger partial charge >= 0.3 is 0 Å². The van der Waals surface area contributed by atoms with E-state index in [0.29, 0.717) is 13.2 Å². The molecular formula is C11H21NO3. The average molecular weight is 215 g/mol. The highest BCUT2D eigenvalue weighted by Gasteiger charge is 2.16. The molecule has 0 aromatic rings. The number of hydrogen-bond acceptors (Lipinski definition) is 4. The van der Waals surface area contributed by atoms with Gasteiger partial charge in [0.1, 0.15) is 5.76 Å². The summed E-state index contributed by atoms with van der Waals surface area (Å²) < 4.78 is 15.8. The van der Waals surface area contributed by atoms with Crippen molar-refractivity contribution in [1.29, 1.82) is 0 Å². The lowest BCUT2D eigenvalue weighted by molar-refractivity contribution is 0.0647. The fraction of sp³-hybridized carbons (Fsp3) is 0.818. The summed E-state index contributed by atoms with van der Waals surface area (Å²) >= 11 is 0. The molecule has 1 aliphatic heterocycles. The Labute approximate surface area is 91.6 Å². The molecule has 1 rings (SSSR count). The predicted molar refractivity (Wildman–Crippen MR) is 58.8 cm³/mol. The van der Waals surface area contributed by atoms with Crippen LogP contribution in [0.2, 0.25) is 0 Å². The molecule has 0 aromatic carbocycles. The van der Waals surface area contributed by atoms with Crippen LogP contribution in [0.3, 0.4) is 0 Å². The molecular weight excluding hydrogens is 194 g/mol. The van der Waals surface area contributed by atoms with E-state index in [-0.39, 0.29) is 6.04 Å². The van der Waals surface area contributed by atoms with Gasteiger partial charge in [0.05, 0.1) is 25.9 Å². The van der Waals surface area contributed by atoms with E-state index in [9.17, 15) is 0 Å². The molecule has 0 bridgehead atoms. The Morgan fingerprint density at radius 3 is 2.93 bits per heavy atom. The van der Waals surface area contributed by atoms with E-state index < -0.39 is 0 Å². The zero-order chi connectivity index (χ0) is 10.9. The van der Waals surface area contributed by atoms with Crippen molar-refractivity contribution in [3.05, 3.63) is 11.8 Å². The second-order valence-electron chi connectivity index (χ2n) is 3.48. The number of ether oxygens (including phenoxy) is 3. The van der Waals surface area contributed by atoms with E-state index in [1.165, 1.54) is 0 Å². The van der Waals surface area contributed by atoms with Gasteiger partial charge in [-0.3, -0.25) is 0 Å². The smallest absolute Gasteiger partial charge is 0.109 e. The zero-order valence-electron chi connectivity index (χ0n) is 9.62. The second kappa shape index (κ2) is 7.68. The van der Waals surface area contributed by atoms with E-state index in [1.54, 1.807) is 7.11 Å². The summed E-state index contributed by atoms with van der Waals surface area (Å²) in [6.45, 7) is 2.86. The third kappa shape index (κ3) is 4.64. The Hall–Kier alpha value is -0.580. The Morgan fingerprint density at radius 2 is 2.33 bits per heavy atom. The van der Waals surface area contributed by atoms with Crippen molar-refractivity contribution < 1.29 is 14.2 Å². The highest BCUT2D eigenvalue weighted by atomic mass is 16.5. The fourth-order valence-electron chi connectivity index (χ4n) is 1.55. The summed E-state index contributed by atoms with van der Waals surface area (Å²) in [5.74, 6) is 1.06. The van der Waals surface area contributed by atoms with E-state index in [0.717, 1.165) is 31.8 Å². The summed E-state index contributed by atoms with van der Waals surface area (Å²) in [7, 11) is 3.62. The summed E-state index contributed by atoms with van der Waals surface area (Å²) in [6, 6.07) is 0.287. The summed E-state index contributed by atoms with van der Waals surface area (Å²) in [5.41, 5.74) is 0. The molecule has 15 heavy (non-hydrogen) atoms. The number of hydrogen-bond donors (Lipinski definition) is 1. The third-order valence-corrected chi connectivity index (χ3v) is 2.41. The van der Waals surface area contributed by atoms with Crippen LogP contribution in [0.15, 0.2) is 11.8 Å². The quantitative estimate of drug-likeness (QED) is 0.611. The van der Waals surface area contributed by atoms with Crippen molar-refractivity contribution >= 4 is 0 Å². The van der Waals surface area contributed by atoms with Crippen molar-refractivity contribution in [2.24, 2.45) is 0 Å². The fourth-order valence-corrected chi connectivity index (χ4v) is 1.55. The first-order valence-electron chi connectivity index (χ1n) is 5.45. The van der Waals surface area contributed by atoms with Crippen LogP contribution in [0.1, 0.15) is 12.8 Å². The Bertz CT molecular complexity index is 194. The van der Waals surface area contributed by atoms with Gasteiger partial charge in [-0.15, -0.1) is 0 Å².